The first-order valence-electron chi connectivity index (χ1n) is 7.40. The summed E-state index contributed by atoms with van der Waals surface area (Å²) in [5.41, 5.74) is 3.61. The van der Waals surface area contributed by atoms with Gasteiger partial charge in [0.1, 0.15) is 5.75 Å². The van der Waals surface area contributed by atoms with Gasteiger partial charge in [-0.25, -0.2) is 0 Å². The molecule has 0 radical (unpaired) electrons. The van der Waals surface area contributed by atoms with E-state index in [1.807, 2.05) is 13.0 Å². The summed E-state index contributed by atoms with van der Waals surface area (Å²) in [5.74, 6) is 0.377. The first-order chi connectivity index (χ1) is 9.11. The summed E-state index contributed by atoms with van der Waals surface area (Å²) in [6.07, 6.45) is 5.23. The molecule has 0 aromatic heterocycles. The van der Waals surface area contributed by atoms with E-state index in [-0.39, 0.29) is 0 Å². The fraction of sp³-hybridized carbons (Fsp3) is 0.625. The Kier molecular flexibility index (Phi) is 3.17. The van der Waals surface area contributed by atoms with E-state index in [9.17, 15) is 5.11 Å². The van der Waals surface area contributed by atoms with Crippen LogP contribution in [-0.2, 0) is 0 Å². The second-order valence-corrected chi connectivity index (χ2v) is 6.23. The van der Waals surface area contributed by atoms with Crippen LogP contribution in [0.15, 0.2) is 12.1 Å². The van der Waals surface area contributed by atoms with Gasteiger partial charge in [-0.1, -0.05) is 0 Å². The third kappa shape index (κ3) is 2.20. The zero-order valence-corrected chi connectivity index (χ0v) is 12.0. The van der Waals surface area contributed by atoms with E-state index in [0.717, 1.165) is 17.8 Å². The summed E-state index contributed by atoms with van der Waals surface area (Å²) >= 11 is 0. The van der Waals surface area contributed by atoms with Crippen molar-refractivity contribution in [1.29, 1.82) is 0 Å². The molecule has 104 valence electrons. The summed E-state index contributed by atoms with van der Waals surface area (Å²) in [6, 6.07) is 3.92. The maximum absolute atomic E-state index is 10.1. The molecule has 2 heterocycles. The average molecular weight is 260 g/mol. The quantitative estimate of drug-likeness (QED) is 0.820. The minimum Gasteiger partial charge on any atom is -0.506 e. The summed E-state index contributed by atoms with van der Waals surface area (Å²) in [4.78, 5) is 2.64. The average Bonchev–Trinajstić information content (AvgIpc) is 2.91. The first-order valence-corrected chi connectivity index (χ1v) is 7.40. The number of benzene rings is 1. The maximum atomic E-state index is 10.1. The van der Waals surface area contributed by atoms with Crippen LogP contribution in [0, 0.1) is 13.8 Å². The maximum Gasteiger partial charge on any atom is 0.138 e. The Balaban J connectivity index is 1.74. The number of anilines is 1. The van der Waals surface area contributed by atoms with E-state index < -0.39 is 0 Å². The Morgan fingerprint density at radius 3 is 2.47 bits per heavy atom. The molecule has 2 fully saturated rings. The molecule has 1 aromatic rings. The Hall–Kier alpha value is -1.22. The lowest BCUT2D eigenvalue weighted by Crippen LogP contribution is -2.44. The topological polar surface area (TPSA) is 35.5 Å². The van der Waals surface area contributed by atoms with Gasteiger partial charge in [0.15, 0.2) is 0 Å². The molecule has 19 heavy (non-hydrogen) atoms. The third-order valence-electron chi connectivity index (χ3n) is 5.03. The van der Waals surface area contributed by atoms with Gasteiger partial charge in [0.25, 0.3) is 0 Å². The number of rotatable bonds is 3. The Bertz CT molecular complexity index is 474. The predicted molar refractivity (Wildman–Crippen MR) is 78.8 cm³/mol. The normalized spacial score (nSPS) is 21.6. The van der Waals surface area contributed by atoms with Gasteiger partial charge in [-0.15, -0.1) is 0 Å². The summed E-state index contributed by atoms with van der Waals surface area (Å²) in [5, 5.41) is 13.5. The molecule has 3 heteroatoms. The molecule has 3 rings (SSSR count). The van der Waals surface area contributed by atoms with Crippen molar-refractivity contribution in [3.05, 3.63) is 23.3 Å². The molecule has 2 aliphatic rings. The van der Waals surface area contributed by atoms with Crippen molar-refractivity contribution >= 4 is 5.69 Å². The van der Waals surface area contributed by atoms with Crippen molar-refractivity contribution in [1.82, 2.24) is 4.90 Å². The molecule has 0 atom stereocenters. The van der Waals surface area contributed by atoms with Crippen LogP contribution in [0.2, 0.25) is 0 Å². The van der Waals surface area contributed by atoms with Gasteiger partial charge in [0.05, 0.1) is 5.69 Å². The number of nitrogens with one attached hydrogen (secondary N) is 1. The molecular formula is C16H24N2O. The lowest BCUT2D eigenvalue weighted by molar-refractivity contribution is 0.209. The molecule has 0 unspecified atom stereocenters. The van der Waals surface area contributed by atoms with Crippen molar-refractivity contribution in [3.63, 3.8) is 0 Å². The molecule has 0 aliphatic carbocycles. The van der Waals surface area contributed by atoms with Gasteiger partial charge < -0.3 is 10.4 Å². The van der Waals surface area contributed by atoms with Gasteiger partial charge in [-0.05, 0) is 75.9 Å². The second-order valence-electron chi connectivity index (χ2n) is 6.23. The molecule has 0 bridgehead atoms. The largest absolute Gasteiger partial charge is 0.506 e. The SMILES string of the molecule is Cc1cc(O)c(NCC23CCCN2CCC3)cc1C. The van der Waals surface area contributed by atoms with Gasteiger partial charge in [-0.2, -0.15) is 0 Å². The molecule has 2 saturated heterocycles. The molecule has 0 saturated carbocycles. The van der Waals surface area contributed by atoms with Crippen LogP contribution in [-0.4, -0.2) is 35.2 Å². The van der Waals surface area contributed by atoms with Crippen LogP contribution < -0.4 is 5.32 Å². The Morgan fingerprint density at radius 1 is 1.16 bits per heavy atom. The number of nitrogens with zero attached hydrogens (tertiary/aromatic N) is 1. The summed E-state index contributed by atoms with van der Waals surface area (Å²) < 4.78 is 0. The van der Waals surface area contributed by atoms with Gasteiger partial charge >= 0.3 is 0 Å². The fourth-order valence-electron chi connectivity index (χ4n) is 3.72. The van der Waals surface area contributed by atoms with E-state index in [4.69, 9.17) is 0 Å². The van der Waals surface area contributed by atoms with Crippen LogP contribution in [0.25, 0.3) is 0 Å². The lowest BCUT2D eigenvalue weighted by Gasteiger charge is -2.32. The van der Waals surface area contributed by atoms with E-state index in [2.05, 4.69) is 23.2 Å². The second kappa shape index (κ2) is 4.71. The van der Waals surface area contributed by atoms with Gasteiger partial charge in [0, 0.05) is 12.1 Å². The molecule has 1 aromatic carbocycles. The number of hydrogen-bond donors (Lipinski definition) is 2. The van der Waals surface area contributed by atoms with Crippen molar-refractivity contribution in [2.45, 2.75) is 45.1 Å². The van der Waals surface area contributed by atoms with Crippen molar-refractivity contribution < 1.29 is 5.11 Å². The predicted octanol–water partition coefficient (Wildman–Crippen LogP) is 3.05. The fourth-order valence-corrected chi connectivity index (χ4v) is 3.72. The molecule has 2 aliphatic heterocycles. The highest BCUT2D eigenvalue weighted by Crippen LogP contribution is 2.39. The van der Waals surface area contributed by atoms with Crippen LogP contribution in [0.5, 0.6) is 5.75 Å². The van der Waals surface area contributed by atoms with Crippen LogP contribution in [0.1, 0.15) is 36.8 Å². The number of fused-ring (bicyclic) bond motifs is 1. The molecule has 0 spiro atoms. The van der Waals surface area contributed by atoms with E-state index >= 15 is 0 Å². The summed E-state index contributed by atoms with van der Waals surface area (Å²) in [6.45, 7) is 7.59. The monoisotopic (exact) mass is 260 g/mol. The zero-order valence-electron chi connectivity index (χ0n) is 12.0. The van der Waals surface area contributed by atoms with Crippen LogP contribution >= 0.6 is 0 Å². The highest BCUT2D eigenvalue weighted by molar-refractivity contribution is 5.59. The Morgan fingerprint density at radius 2 is 1.79 bits per heavy atom. The summed E-state index contributed by atoms with van der Waals surface area (Å²) in [7, 11) is 0. The highest BCUT2D eigenvalue weighted by Gasteiger charge is 2.43. The zero-order chi connectivity index (χ0) is 13.5. The third-order valence-corrected chi connectivity index (χ3v) is 5.03. The van der Waals surface area contributed by atoms with E-state index in [1.54, 1.807) is 0 Å². The molecule has 2 N–H and O–H groups in total. The van der Waals surface area contributed by atoms with Crippen LogP contribution in [0.4, 0.5) is 5.69 Å². The minimum absolute atomic E-state index is 0.352. The minimum atomic E-state index is 0.352. The van der Waals surface area contributed by atoms with Crippen molar-refractivity contribution in [2.75, 3.05) is 25.0 Å². The van der Waals surface area contributed by atoms with Crippen LogP contribution in [0.3, 0.4) is 0 Å². The number of phenols is 1. The van der Waals surface area contributed by atoms with E-state index in [0.29, 0.717) is 11.3 Å². The number of hydrogen-bond acceptors (Lipinski definition) is 3. The standard InChI is InChI=1S/C16H24N2O/c1-12-9-14(15(19)10-13(12)2)17-11-16-5-3-7-18(16)8-4-6-16/h9-10,17,19H,3-8,11H2,1-2H3. The number of aryl methyl sites for hydroxylation is 2. The number of aromatic hydroxyl groups is 1. The smallest absolute Gasteiger partial charge is 0.138 e. The molecule has 3 nitrogen and oxygen atoms in total. The van der Waals surface area contributed by atoms with E-state index in [1.165, 1.54) is 44.3 Å². The molecule has 0 amide bonds. The van der Waals surface area contributed by atoms with Gasteiger partial charge in [0.2, 0.25) is 0 Å². The number of phenolic OH excluding ortho intramolecular Hbond substituents is 1. The lowest BCUT2D eigenvalue weighted by atomic mass is 9.94. The molecular weight excluding hydrogens is 236 g/mol. The highest BCUT2D eigenvalue weighted by atomic mass is 16.3. The van der Waals surface area contributed by atoms with Crippen molar-refractivity contribution in [2.24, 2.45) is 0 Å². The Labute approximate surface area is 115 Å². The van der Waals surface area contributed by atoms with Gasteiger partial charge in [-0.3, -0.25) is 4.90 Å². The first kappa shape index (κ1) is 12.8. The van der Waals surface area contributed by atoms with Crippen molar-refractivity contribution in [3.8, 4) is 5.75 Å².